The lowest BCUT2D eigenvalue weighted by Gasteiger charge is -2.36. The summed E-state index contributed by atoms with van der Waals surface area (Å²) in [6.45, 7) is 7.42. The minimum absolute atomic E-state index is 0.0804. The molecule has 0 saturated carbocycles. The standard InChI is InChI=1S/C18H28N4O3S/c1-18(6-4-13-26-18)25-12-5-7-21-8-10-22(11-9-21)15-14-16(23)20(3)17(24)19(15)2/h4,13-14H,5-12H2,1-3H3. The molecule has 2 aliphatic heterocycles. The molecule has 0 amide bonds. The van der Waals surface area contributed by atoms with Gasteiger partial charge in [0.15, 0.2) is 0 Å². The number of hydrogen-bond donors (Lipinski definition) is 0. The van der Waals surface area contributed by atoms with Crippen LogP contribution in [0.4, 0.5) is 5.82 Å². The molecule has 0 radical (unpaired) electrons. The second-order valence-electron chi connectivity index (χ2n) is 7.10. The number of hydrogen-bond acceptors (Lipinski definition) is 6. The molecular weight excluding hydrogens is 352 g/mol. The summed E-state index contributed by atoms with van der Waals surface area (Å²) in [6.07, 6.45) is 4.15. The third-order valence-corrected chi connectivity index (χ3v) is 6.24. The van der Waals surface area contributed by atoms with Gasteiger partial charge >= 0.3 is 5.69 Å². The zero-order valence-electron chi connectivity index (χ0n) is 15.8. The van der Waals surface area contributed by atoms with Gasteiger partial charge in [-0.15, -0.1) is 0 Å². The van der Waals surface area contributed by atoms with Crippen LogP contribution >= 0.6 is 11.8 Å². The summed E-state index contributed by atoms with van der Waals surface area (Å²) in [6, 6.07) is 1.55. The van der Waals surface area contributed by atoms with E-state index in [-0.39, 0.29) is 16.2 Å². The van der Waals surface area contributed by atoms with E-state index in [1.807, 2.05) is 0 Å². The lowest BCUT2D eigenvalue weighted by molar-refractivity contribution is 0.0370. The maximum atomic E-state index is 12.1. The molecule has 1 aromatic heterocycles. The van der Waals surface area contributed by atoms with Crippen molar-refractivity contribution in [3.8, 4) is 0 Å². The molecule has 8 heteroatoms. The lowest BCUT2D eigenvalue weighted by atomic mass is 10.2. The van der Waals surface area contributed by atoms with Crippen LogP contribution in [-0.4, -0.2) is 58.3 Å². The largest absolute Gasteiger partial charge is 0.364 e. The van der Waals surface area contributed by atoms with E-state index in [1.165, 1.54) is 7.05 Å². The molecule has 1 aromatic rings. The van der Waals surface area contributed by atoms with Gasteiger partial charge in [0, 0.05) is 65.9 Å². The Balaban J connectivity index is 1.46. The Kier molecular flexibility index (Phi) is 5.94. The quantitative estimate of drug-likeness (QED) is 0.686. The number of ether oxygens (including phenoxy) is 1. The Hall–Kier alpha value is -1.51. The predicted molar refractivity (Wildman–Crippen MR) is 106 cm³/mol. The predicted octanol–water partition coefficient (Wildman–Crippen LogP) is 0.979. The zero-order chi connectivity index (χ0) is 18.7. The first-order valence-corrected chi connectivity index (χ1v) is 9.99. The van der Waals surface area contributed by atoms with Crippen molar-refractivity contribution in [3.05, 3.63) is 38.4 Å². The molecule has 0 aliphatic carbocycles. The van der Waals surface area contributed by atoms with Crippen molar-refractivity contribution in [1.82, 2.24) is 14.0 Å². The fourth-order valence-corrected chi connectivity index (χ4v) is 4.22. The highest BCUT2D eigenvalue weighted by Gasteiger charge is 2.27. The number of aromatic nitrogens is 2. The molecule has 0 bridgehead atoms. The molecule has 0 aromatic carbocycles. The summed E-state index contributed by atoms with van der Waals surface area (Å²) < 4.78 is 8.71. The molecular formula is C18H28N4O3S. The van der Waals surface area contributed by atoms with Crippen molar-refractivity contribution < 1.29 is 4.74 Å². The first-order valence-electron chi connectivity index (χ1n) is 9.11. The number of nitrogens with zero attached hydrogens (tertiary/aromatic N) is 4. The Morgan fingerprint density at radius 3 is 2.54 bits per heavy atom. The summed E-state index contributed by atoms with van der Waals surface area (Å²) in [5.74, 6) is 0.708. The molecule has 1 saturated heterocycles. The SMILES string of the molecule is Cn1c(N2CCN(CCCOC3(C)CC=CS3)CC2)cc(=O)n(C)c1=O. The van der Waals surface area contributed by atoms with Crippen LogP contribution in [0, 0.1) is 0 Å². The zero-order valence-corrected chi connectivity index (χ0v) is 16.6. The van der Waals surface area contributed by atoms with Crippen molar-refractivity contribution in [2.45, 2.75) is 24.7 Å². The van der Waals surface area contributed by atoms with E-state index in [9.17, 15) is 9.59 Å². The van der Waals surface area contributed by atoms with E-state index in [0.717, 1.165) is 56.7 Å². The van der Waals surface area contributed by atoms with Crippen LogP contribution in [0.25, 0.3) is 0 Å². The molecule has 3 rings (SSSR count). The van der Waals surface area contributed by atoms with Crippen LogP contribution < -0.4 is 16.1 Å². The summed E-state index contributed by atoms with van der Waals surface area (Å²) in [4.78, 5) is 28.5. The monoisotopic (exact) mass is 380 g/mol. The number of piperazine rings is 1. The van der Waals surface area contributed by atoms with Crippen molar-refractivity contribution >= 4 is 17.6 Å². The minimum Gasteiger partial charge on any atom is -0.364 e. The fourth-order valence-electron chi connectivity index (χ4n) is 3.40. The van der Waals surface area contributed by atoms with E-state index in [0.29, 0.717) is 5.82 Å². The second kappa shape index (κ2) is 8.02. The average Bonchev–Trinajstić information content (AvgIpc) is 3.07. The Morgan fingerprint density at radius 1 is 1.15 bits per heavy atom. The Morgan fingerprint density at radius 2 is 1.88 bits per heavy atom. The molecule has 3 heterocycles. The van der Waals surface area contributed by atoms with Gasteiger partial charge in [-0.1, -0.05) is 17.8 Å². The number of thioether (sulfide) groups is 1. The van der Waals surface area contributed by atoms with Crippen LogP contribution in [0.15, 0.2) is 27.1 Å². The van der Waals surface area contributed by atoms with E-state index in [1.54, 1.807) is 29.4 Å². The summed E-state index contributed by atoms with van der Waals surface area (Å²) >= 11 is 1.76. The van der Waals surface area contributed by atoms with Gasteiger partial charge in [-0.05, 0) is 18.8 Å². The Bertz CT molecular complexity index is 770. The number of anilines is 1. The topological polar surface area (TPSA) is 59.7 Å². The summed E-state index contributed by atoms with van der Waals surface area (Å²) in [5.41, 5.74) is -0.532. The molecule has 144 valence electrons. The maximum Gasteiger partial charge on any atom is 0.332 e. The van der Waals surface area contributed by atoms with Crippen molar-refractivity contribution in [1.29, 1.82) is 0 Å². The Labute approximate surface area is 158 Å². The van der Waals surface area contributed by atoms with Crippen LogP contribution in [0.3, 0.4) is 0 Å². The van der Waals surface area contributed by atoms with Gasteiger partial charge in [-0.2, -0.15) is 0 Å². The van der Waals surface area contributed by atoms with Crippen LogP contribution in [-0.2, 0) is 18.8 Å². The van der Waals surface area contributed by atoms with Crippen LogP contribution in [0.2, 0.25) is 0 Å². The van der Waals surface area contributed by atoms with E-state index in [4.69, 9.17) is 4.74 Å². The summed E-state index contributed by atoms with van der Waals surface area (Å²) in [7, 11) is 3.23. The van der Waals surface area contributed by atoms with Crippen LogP contribution in [0.5, 0.6) is 0 Å². The third-order valence-electron chi connectivity index (χ3n) is 5.13. The van der Waals surface area contributed by atoms with Gasteiger partial charge in [0.1, 0.15) is 10.8 Å². The van der Waals surface area contributed by atoms with Gasteiger partial charge in [0.05, 0.1) is 0 Å². The molecule has 1 atom stereocenters. The molecule has 2 aliphatic rings. The van der Waals surface area contributed by atoms with Gasteiger partial charge < -0.3 is 9.64 Å². The van der Waals surface area contributed by atoms with Crippen molar-refractivity contribution in [2.24, 2.45) is 14.1 Å². The van der Waals surface area contributed by atoms with Gasteiger partial charge in [-0.25, -0.2) is 4.79 Å². The molecule has 7 nitrogen and oxygen atoms in total. The van der Waals surface area contributed by atoms with Crippen molar-refractivity contribution in [3.63, 3.8) is 0 Å². The highest BCUT2D eigenvalue weighted by atomic mass is 32.2. The van der Waals surface area contributed by atoms with Gasteiger partial charge in [0.2, 0.25) is 0 Å². The average molecular weight is 381 g/mol. The fraction of sp³-hybridized carbons (Fsp3) is 0.667. The first-order chi connectivity index (χ1) is 12.4. The second-order valence-corrected chi connectivity index (χ2v) is 8.47. The molecule has 1 unspecified atom stereocenters. The minimum atomic E-state index is -0.278. The highest BCUT2D eigenvalue weighted by Crippen LogP contribution is 2.36. The normalized spacial score (nSPS) is 23.7. The third kappa shape index (κ3) is 4.24. The van der Waals surface area contributed by atoms with Crippen molar-refractivity contribution in [2.75, 3.05) is 44.2 Å². The van der Waals surface area contributed by atoms with E-state index < -0.39 is 0 Å². The van der Waals surface area contributed by atoms with E-state index >= 15 is 0 Å². The number of rotatable bonds is 6. The smallest absolute Gasteiger partial charge is 0.332 e. The van der Waals surface area contributed by atoms with Crippen LogP contribution in [0.1, 0.15) is 19.8 Å². The van der Waals surface area contributed by atoms with E-state index in [2.05, 4.69) is 28.2 Å². The molecule has 1 fully saturated rings. The molecule has 0 N–H and O–H groups in total. The first kappa shape index (κ1) is 19.3. The highest BCUT2D eigenvalue weighted by molar-refractivity contribution is 8.03. The van der Waals surface area contributed by atoms with Gasteiger partial charge in [0.25, 0.3) is 5.56 Å². The lowest BCUT2D eigenvalue weighted by Crippen LogP contribution is -2.49. The molecule has 26 heavy (non-hydrogen) atoms. The van der Waals surface area contributed by atoms with Gasteiger partial charge in [-0.3, -0.25) is 18.8 Å². The summed E-state index contributed by atoms with van der Waals surface area (Å²) in [5, 5.41) is 2.11. The molecule has 0 spiro atoms. The maximum absolute atomic E-state index is 12.1.